The summed E-state index contributed by atoms with van der Waals surface area (Å²) in [4.78, 5) is 16.2. The van der Waals surface area contributed by atoms with Crippen LogP contribution in [0.5, 0.6) is 0 Å². The summed E-state index contributed by atoms with van der Waals surface area (Å²) in [5, 5.41) is 19.3. The first-order valence-corrected chi connectivity index (χ1v) is 4.17. The molecule has 1 N–H and O–H groups in total. The molecule has 0 unspecified atom stereocenters. The van der Waals surface area contributed by atoms with E-state index in [1.807, 2.05) is 6.07 Å². The van der Waals surface area contributed by atoms with Crippen molar-refractivity contribution in [3.05, 3.63) is 33.4 Å². The number of aromatic nitrogens is 2. The zero-order chi connectivity index (χ0) is 11.0. The molecule has 0 saturated carbocycles. The largest absolute Gasteiger partial charge is 0.433 e. The first-order chi connectivity index (χ1) is 7.13. The molecule has 2 rings (SSSR count). The molecule has 6 nitrogen and oxygen atoms in total. The van der Waals surface area contributed by atoms with E-state index in [2.05, 4.69) is 9.97 Å². The molecule has 0 aliphatic heterocycles. The summed E-state index contributed by atoms with van der Waals surface area (Å²) in [6, 6.07) is 5.28. The molecule has 2 aromatic rings. The molecule has 6 heteroatoms. The van der Waals surface area contributed by atoms with Crippen molar-refractivity contribution in [3.8, 4) is 6.07 Å². The molecule has 1 aromatic heterocycles. The molecular formula is C9H6N4O2. The Morgan fingerprint density at radius 1 is 1.60 bits per heavy atom. The minimum Gasteiger partial charge on any atom is -0.390 e. The number of nitriles is 1. The molecule has 0 atom stereocenters. The molecule has 0 saturated heterocycles. The third kappa shape index (κ3) is 1.30. The van der Waals surface area contributed by atoms with Crippen LogP contribution in [0.1, 0.15) is 11.1 Å². The van der Waals surface area contributed by atoms with Gasteiger partial charge in [-0.3, -0.25) is 0 Å². The second-order valence-electron chi connectivity index (χ2n) is 3.08. The third-order valence-electron chi connectivity index (χ3n) is 2.13. The van der Waals surface area contributed by atoms with Crippen molar-refractivity contribution in [1.82, 2.24) is 9.97 Å². The fraction of sp³-hybridized carbons (Fsp3) is 0.111. The topological polar surface area (TPSA) is 95.6 Å². The number of nitro groups is 1. The van der Waals surface area contributed by atoms with Crippen molar-refractivity contribution in [1.29, 1.82) is 5.26 Å². The molecule has 15 heavy (non-hydrogen) atoms. The summed E-state index contributed by atoms with van der Waals surface area (Å²) < 4.78 is 0. The molecule has 0 spiro atoms. The van der Waals surface area contributed by atoms with Crippen LogP contribution in [0.15, 0.2) is 12.1 Å². The van der Waals surface area contributed by atoms with Gasteiger partial charge in [0.15, 0.2) is 11.0 Å². The number of aromatic amines is 1. The zero-order valence-corrected chi connectivity index (χ0v) is 7.81. The molecule has 74 valence electrons. The number of hydrogen-bond acceptors (Lipinski definition) is 4. The van der Waals surface area contributed by atoms with E-state index in [9.17, 15) is 10.1 Å². The van der Waals surface area contributed by atoms with E-state index in [-0.39, 0.29) is 5.95 Å². The Balaban J connectivity index is 2.85. The number of imidazole rings is 1. The Morgan fingerprint density at radius 3 is 2.93 bits per heavy atom. The average molecular weight is 202 g/mol. The highest BCUT2D eigenvalue weighted by atomic mass is 16.6. The highest BCUT2D eigenvalue weighted by Gasteiger charge is 2.17. The number of nitrogens with zero attached hydrogens (tertiary/aromatic N) is 3. The molecule has 0 amide bonds. The number of aryl methyl sites for hydroxylation is 1. The second-order valence-corrected chi connectivity index (χ2v) is 3.08. The van der Waals surface area contributed by atoms with Gasteiger partial charge in [0.2, 0.25) is 0 Å². The molecule has 1 aromatic carbocycles. The van der Waals surface area contributed by atoms with Crippen LogP contribution in [-0.2, 0) is 0 Å². The predicted molar refractivity (Wildman–Crippen MR) is 52.2 cm³/mol. The minimum absolute atomic E-state index is 0.337. The van der Waals surface area contributed by atoms with Gasteiger partial charge in [-0.15, -0.1) is 0 Å². The maximum atomic E-state index is 10.5. The average Bonchev–Trinajstić information content (AvgIpc) is 2.64. The van der Waals surface area contributed by atoms with Crippen molar-refractivity contribution in [2.24, 2.45) is 0 Å². The van der Waals surface area contributed by atoms with E-state index in [4.69, 9.17) is 5.26 Å². The number of nitrogens with one attached hydrogen (secondary N) is 1. The Labute approximate surface area is 84.3 Å². The lowest BCUT2D eigenvalue weighted by atomic mass is 10.1. The summed E-state index contributed by atoms with van der Waals surface area (Å²) >= 11 is 0. The van der Waals surface area contributed by atoms with E-state index < -0.39 is 4.92 Å². The standard InChI is InChI=1S/C9H6N4O2/c1-5-2-3-6(4-10)8-7(5)11-9(12-8)13(14)15/h2-3H,1H3,(H,11,12). The Kier molecular flexibility index (Phi) is 1.87. The van der Waals surface area contributed by atoms with Crippen molar-refractivity contribution < 1.29 is 4.92 Å². The minimum atomic E-state index is -0.611. The number of fused-ring (bicyclic) bond motifs is 1. The zero-order valence-electron chi connectivity index (χ0n) is 7.81. The van der Waals surface area contributed by atoms with Gasteiger partial charge in [-0.1, -0.05) is 11.1 Å². The quantitative estimate of drug-likeness (QED) is 0.561. The van der Waals surface area contributed by atoms with Crippen LogP contribution < -0.4 is 0 Å². The lowest BCUT2D eigenvalue weighted by Gasteiger charge is -1.90. The predicted octanol–water partition coefficient (Wildman–Crippen LogP) is 1.65. The van der Waals surface area contributed by atoms with Gasteiger partial charge < -0.3 is 10.1 Å². The second kappa shape index (κ2) is 3.06. The van der Waals surface area contributed by atoms with Gasteiger partial charge in [0, 0.05) is 0 Å². The maximum absolute atomic E-state index is 10.5. The highest BCUT2D eigenvalue weighted by Crippen LogP contribution is 2.22. The van der Waals surface area contributed by atoms with Crippen LogP contribution in [0, 0.1) is 28.4 Å². The Hall–Kier alpha value is -2.42. The van der Waals surface area contributed by atoms with Crippen LogP contribution >= 0.6 is 0 Å². The first-order valence-electron chi connectivity index (χ1n) is 4.17. The lowest BCUT2D eigenvalue weighted by molar-refractivity contribution is -0.393. The van der Waals surface area contributed by atoms with Gasteiger partial charge in [-0.25, -0.2) is 4.98 Å². The fourth-order valence-corrected chi connectivity index (χ4v) is 1.39. The highest BCUT2D eigenvalue weighted by molar-refractivity contribution is 5.85. The number of hydrogen-bond donors (Lipinski definition) is 1. The van der Waals surface area contributed by atoms with Crippen molar-refractivity contribution in [3.63, 3.8) is 0 Å². The van der Waals surface area contributed by atoms with Gasteiger partial charge in [0.25, 0.3) is 0 Å². The summed E-state index contributed by atoms with van der Waals surface area (Å²) in [5.74, 6) is -0.337. The number of H-pyrrole nitrogens is 1. The van der Waals surface area contributed by atoms with Gasteiger partial charge in [-0.05, 0) is 23.5 Å². The summed E-state index contributed by atoms with van der Waals surface area (Å²) in [5.41, 5.74) is 2.05. The van der Waals surface area contributed by atoms with Crippen LogP contribution in [0.25, 0.3) is 11.0 Å². The van der Waals surface area contributed by atoms with E-state index in [1.165, 1.54) is 0 Å². The molecule has 1 heterocycles. The van der Waals surface area contributed by atoms with Crippen LogP contribution in [0.4, 0.5) is 5.95 Å². The summed E-state index contributed by atoms with van der Waals surface area (Å²) in [6.45, 7) is 1.79. The van der Waals surface area contributed by atoms with E-state index in [0.29, 0.717) is 16.6 Å². The molecule has 0 radical (unpaired) electrons. The van der Waals surface area contributed by atoms with Crippen molar-refractivity contribution >= 4 is 17.0 Å². The van der Waals surface area contributed by atoms with E-state index >= 15 is 0 Å². The maximum Gasteiger partial charge on any atom is 0.433 e. The third-order valence-corrected chi connectivity index (χ3v) is 2.13. The molecule has 0 aliphatic rings. The molecule has 0 bridgehead atoms. The Morgan fingerprint density at radius 2 is 2.33 bits per heavy atom. The van der Waals surface area contributed by atoms with E-state index in [0.717, 1.165) is 5.56 Å². The normalized spacial score (nSPS) is 10.1. The smallest absolute Gasteiger partial charge is 0.390 e. The van der Waals surface area contributed by atoms with Crippen LogP contribution in [0.2, 0.25) is 0 Å². The first kappa shape index (κ1) is 9.15. The summed E-state index contributed by atoms with van der Waals surface area (Å²) in [6.07, 6.45) is 0. The van der Waals surface area contributed by atoms with Crippen LogP contribution in [0.3, 0.4) is 0 Å². The number of benzene rings is 1. The van der Waals surface area contributed by atoms with Crippen LogP contribution in [-0.4, -0.2) is 14.9 Å². The van der Waals surface area contributed by atoms with Crippen molar-refractivity contribution in [2.45, 2.75) is 6.92 Å². The lowest BCUT2D eigenvalue weighted by Crippen LogP contribution is -1.88. The fourth-order valence-electron chi connectivity index (χ4n) is 1.39. The number of rotatable bonds is 1. The van der Waals surface area contributed by atoms with Gasteiger partial charge in [-0.2, -0.15) is 5.26 Å². The molecular weight excluding hydrogens is 196 g/mol. The van der Waals surface area contributed by atoms with Gasteiger partial charge in [0.1, 0.15) is 6.07 Å². The van der Waals surface area contributed by atoms with E-state index in [1.54, 1.807) is 19.1 Å². The van der Waals surface area contributed by atoms with Gasteiger partial charge in [0.05, 0.1) is 5.56 Å². The van der Waals surface area contributed by atoms with Crippen molar-refractivity contribution in [2.75, 3.05) is 0 Å². The SMILES string of the molecule is Cc1ccc(C#N)c2[nH]c([N+](=O)[O-])nc12. The monoisotopic (exact) mass is 202 g/mol. The van der Waals surface area contributed by atoms with Gasteiger partial charge >= 0.3 is 5.95 Å². The molecule has 0 fully saturated rings. The summed E-state index contributed by atoms with van der Waals surface area (Å²) in [7, 11) is 0. The molecule has 0 aliphatic carbocycles. The Bertz CT molecular complexity index is 594.